The molecule has 8 heteroatoms. The quantitative estimate of drug-likeness (QED) is 0.758. The first-order valence-corrected chi connectivity index (χ1v) is 9.82. The Labute approximate surface area is 150 Å². The van der Waals surface area contributed by atoms with Gasteiger partial charge in [-0.3, -0.25) is 4.98 Å². The molecule has 4 rings (SSSR count). The highest BCUT2D eigenvalue weighted by molar-refractivity contribution is 7.89. The summed E-state index contributed by atoms with van der Waals surface area (Å²) in [6.07, 6.45) is 0. The van der Waals surface area contributed by atoms with Gasteiger partial charge in [0.15, 0.2) is 5.58 Å². The predicted octanol–water partition coefficient (Wildman–Crippen LogP) is 1.94. The van der Waals surface area contributed by atoms with Crippen molar-refractivity contribution < 1.29 is 12.8 Å². The molecule has 0 atom stereocenters. The Hall–Kier alpha value is -2.58. The van der Waals surface area contributed by atoms with E-state index in [-0.39, 0.29) is 0 Å². The third-order valence-corrected chi connectivity index (χ3v) is 6.58. The zero-order valence-corrected chi connectivity index (χ0v) is 15.1. The fraction of sp³-hybridized carbons (Fsp3) is 0.278. The summed E-state index contributed by atoms with van der Waals surface area (Å²) in [4.78, 5) is 16.3. The molecule has 2 aromatic carbocycles. The van der Waals surface area contributed by atoms with Gasteiger partial charge in [0, 0.05) is 31.9 Å². The van der Waals surface area contributed by atoms with Crippen LogP contribution in [0.2, 0.25) is 0 Å². The number of sulfonamides is 1. The third-order valence-electron chi connectivity index (χ3n) is 4.67. The van der Waals surface area contributed by atoms with E-state index in [1.54, 1.807) is 18.2 Å². The van der Waals surface area contributed by atoms with Gasteiger partial charge in [0.05, 0.1) is 10.4 Å². The lowest BCUT2D eigenvalue weighted by Crippen LogP contribution is -2.48. The summed E-state index contributed by atoms with van der Waals surface area (Å²) in [5.74, 6) is -0.480. The van der Waals surface area contributed by atoms with Gasteiger partial charge in [-0.05, 0) is 37.3 Å². The summed E-state index contributed by atoms with van der Waals surface area (Å²) in [6.45, 7) is 3.92. The zero-order chi connectivity index (χ0) is 18.3. The van der Waals surface area contributed by atoms with Gasteiger partial charge in [-0.25, -0.2) is 13.2 Å². The zero-order valence-electron chi connectivity index (χ0n) is 14.3. The molecule has 2 heterocycles. The molecule has 1 aliphatic heterocycles. The molecule has 0 radical (unpaired) electrons. The van der Waals surface area contributed by atoms with E-state index in [1.165, 1.54) is 4.31 Å². The van der Waals surface area contributed by atoms with Crippen molar-refractivity contribution in [2.75, 3.05) is 31.1 Å². The second-order valence-electron chi connectivity index (χ2n) is 6.40. The van der Waals surface area contributed by atoms with E-state index < -0.39 is 15.8 Å². The summed E-state index contributed by atoms with van der Waals surface area (Å²) in [5.41, 5.74) is 3.12. The van der Waals surface area contributed by atoms with Gasteiger partial charge < -0.3 is 9.32 Å². The van der Waals surface area contributed by atoms with E-state index in [1.807, 2.05) is 31.2 Å². The maximum atomic E-state index is 12.8. The molecule has 0 unspecified atom stereocenters. The van der Waals surface area contributed by atoms with Gasteiger partial charge in [0.25, 0.3) is 0 Å². The van der Waals surface area contributed by atoms with Crippen molar-refractivity contribution in [1.82, 2.24) is 9.29 Å². The minimum Gasteiger partial charge on any atom is -0.408 e. The number of anilines is 1. The minimum atomic E-state index is -3.47. The van der Waals surface area contributed by atoms with E-state index in [4.69, 9.17) is 4.42 Å². The fourth-order valence-corrected chi connectivity index (χ4v) is 4.60. The first kappa shape index (κ1) is 16.9. The maximum Gasteiger partial charge on any atom is 0.417 e. The molecular weight excluding hydrogens is 354 g/mol. The van der Waals surface area contributed by atoms with Gasteiger partial charge in [0.1, 0.15) is 0 Å². The molecule has 3 aromatic rings. The Morgan fingerprint density at radius 2 is 1.69 bits per heavy atom. The standard InChI is InChI=1S/C18H19N3O4S/c1-13-2-5-15(6-3-13)26(23,24)21-10-8-20(9-11-21)14-4-7-17-16(12-14)19-18(22)25-17/h2-7,12H,8-11H2,1H3,(H,19,22). The summed E-state index contributed by atoms with van der Waals surface area (Å²) < 4.78 is 32.1. The first-order valence-electron chi connectivity index (χ1n) is 8.38. The van der Waals surface area contributed by atoms with Crippen molar-refractivity contribution in [2.45, 2.75) is 11.8 Å². The van der Waals surface area contributed by atoms with Crippen molar-refractivity contribution in [3.05, 3.63) is 58.6 Å². The number of hydrogen-bond acceptors (Lipinski definition) is 5. The second kappa shape index (κ2) is 6.30. The molecule has 1 saturated heterocycles. The number of nitrogens with zero attached hydrogens (tertiary/aromatic N) is 2. The van der Waals surface area contributed by atoms with Crippen LogP contribution in [0.15, 0.2) is 56.6 Å². The Bertz CT molecular complexity index is 1090. The fourth-order valence-electron chi connectivity index (χ4n) is 3.18. The van der Waals surface area contributed by atoms with Gasteiger partial charge in [-0.15, -0.1) is 0 Å². The molecule has 0 saturated carbocycles. The molecular formula is C18H19N3O4S. The van der Waals surface area contributed by atoms with E-state index in [2.05, 4.69) is 9.88 Å². The summed E-state index contributed by atoms with van der Waals surface area (Å²) >= 11 is 0. The van der Waals surface area contributed by atoms with E-state index in [0.717, 1.165) is 11.3 Å². The van der Waals surface area contributed by atoms with Crippen LogP contribution in [0.5, 0.6) is 0 Å². The molecule has 1 aliphatic rings. The number of hydrogen-bond donors (Lipinski definition) is 1. The van der Waals surface area contributed by atoms with Gasteiger partial charge in [0.2, 0.25) is 10.0 Å². The average Bonchev–Trinajstić information content (AvgIpc) is 3.01. The van der Waals surface area contributed by atoms with Crippen LogP contribution < -0.4 is 10.7 Å². The number of benzene rings is 2. The van der Waals surface area contributed by atoms with Crippen molar-refractivity contribution in [3.8, 4) is 0 Å². The molecule has 1 aromatic heterocycles. The molecule has 26 heavy (non-hydrogen) atoms. The number of rotatable bonds is 3. The van der Waals surface area contributed by atoms with Crippen LogP contribution in [0.3, 0.4) is 0 Å². The molecule has 0 amide bonds. The number of H-pyrrole nitrogens is 1. The Kier molecular flexibility index (Phi) is 4.08. The molecule has 0 spiro atoms. The minimum absolute atomic E-state index is 0.328. The molecule has 7 nitrogen and oxygen atoms in total. The van der Waals surface area contributed by atoms with Crippen LogP contribution in [0.1, 0.15) is 5.56 Å². The number of aromatic amines is 1. The van der Waals surface area contributed by atoms with Crippen LogP contribution in [0.4, 0.5) is 5.69 Å². The first-order chi connectivity index (χ1) is 12.4. The van der Waals surface area contributed by atoms with Crippen molar-refractivity contribution in [3.63, 3.8) is 0 Å². The van der Waals surface area contributed by atoms with Crippen LogP contribution in [0.25, 0.3) is 11.1 Å². The van der Waals surface area contributed by atoms with Crippen LogP contribution in [-0.2, 0) is 10.0 Å². The average molecular weight is 373 g/mol. The number of piperazine rings is 1. The van der Waals surface area contributed by atoms with E-state index >= 15 is 0 Å². The third kappa shape index (κ3) is 3.02. The highest BCUT2D eigenvalue weighted by Crippen LogP contribution is 2.24. The number of aromatic nitrogens is 1. The Balaban J connectivity index is 1.50. The number of nitrogens with one attached hydrogen (secondary N) is 1. The van der Waals surface area contributed by atoms with E-state index in [9.17, 15) is 13.2 Å². The van der Waals surface area contributed by atoms with Gasteiger partial charge >= 0.3 is 5.76 Å². The lowest BCUT2D eigenvalue weighted by atomic mass is 10.2. The molecule has 1 N–H and O–H groups in total. The van der Waals surface area contributed by atoms with Crippen LogP contribution in [-0.4, -0.2) is 43.9 Å². The topological polar surface area (TPSA) is 86.6 Å². The van der Waals surface area contributed by atoms with Crippen molar-refractivity contribution in [2.24, 2.45) is 0 Å². The van der Waals surface area contributed by atoms with Crippen molar-refractivity contribution >= 4 is 26.8 Å². The maximum absolute atomic E-state index is 12.8. The number of fused-ring (bicyclic) bond motifs is 1. The predicted molar refractivity (Wildman–Crippen MR) is 99.0 cm³/mol. The SMILES string of the molecule is Cc1ccc(S(=O)(=O)N2CCN(c3ccc4oc(=O)[nH]c4c3)CC2)cc1. The number of aryl methyl sites for hydroxylation is 1. The van der Waals surface area contributed by atoms with E-state index in [0.29, 0.717) is 42.2 Å². The van der Waals surface area contributed by atoms with Gasteiger partial charge in [-0.1, -0.05) is 17.7 Å². The lowest BCUT2D eigenvalue weighted by molar-refractivity contribution is 0.385. The highest BCUT2D eigenvalue weighted by atomic mass is 32.2. The Morgan fingerprint density at radius 1 is 1.00 bits per heavy atom. The van der Waals surface area contributed by atoms with Crippen molar-refractivity contribution in [1.29, 1.82) is 0 Å². The monoisotopic (exact) mass is 373 g/mol. The molecule has 136 valence electrons. The molecule has 0 bridgehead atoms. The molecule has 0 aliphatic carbocycles. The summed E-state index contributed by atoms with van der Waals surface area (Å²) in [7, 11) is -3.47. The number of oxazole rings is 1. The largest absolute Gasteiger partial charge is 0.417 e. The normalized spacial score (nSPS) is 16.3. The Morgan fingerprint density at radius 3 is 2.38 bits per heavy atom. The van der Waals surface area contributed by atoms with Crippen LogP contribution >= 0.6 is 0 Å². The smallest absolute Gasteiger partial charge is 0.408 e. The molecule has 1 fully saturated rings. The van der Waals surface area contributed by atoms with Crippen LogP contribution in [0, 0.1) is 6.92 Å². The van der Waals surface area contributed by atoms with Gasteiger partial charge in [-0.2, -0.15) is 4.31 Å². The highest BCUT2D eigenvalue weighted by Gasteiger charge is 2.28. The summed E-state index contributed by atoms with van der Waals surface area (Å²) in [6, 6.07) is 12.4. The second-order valence-corrected chi connectivity index (χ2v) is 8.34. The summed E-state index contributed by atoms with van der Waals surface area (Å²) in [5, 5.41) is 0. The lowest BCUT2D eigenvalue weighted by Gasteiger charge is -2.35.